The number of hydrogen-bond acceptors (Lipinski definition) is 3. The predicted molar refractivity (Wildman–Crippen MR) is 92.6 cm³/mol. The molecule has 4 heteroatoms. The second-order valence-electron chi connectivity index (χ2n) is 5.89. The van der Waals surface area contributed by atoms with Gasteiger partial charge in [-0.25, -0.2) is 0 Å². The second kappa shape index (κ2) is 8.65. The van der Waals surface area contributed by atoms with Gasteiger partial charge in [-0.15, -0.1) is 0 Å². The molecule has 0 aromatic heterocycles. The minimum absolute atomic E-state index is 0.501. The molecule has 0 aliphatic carbocycles. The number of nitrogens with one attached hydrogen (secondary N) is 1. The smallest absolute Gasteiger partial charge is 0.0410 e. The maximum absolute atomic E-state index is 3.57. The van der Waals surface area contributed by atoms with Gasteiger partial charge in [0.15, 0.2) is 0 Å². The third-order valence-corrected chi connectivity index (χ3v) is 3.75. The molecule has 1 aromatic rings. The lowest BCUT2D eigenvalue weighted by molar-refractivity contribution is 0.401. The summed E-state index contributed by atoms with van der Waals surface area (Å²) in [6, 6.07) is 7.04. The molecular formula is C16H28BrN3. The van der Waals surface area contributed by atoms with E-state index in [1.165, 1.54) is 17.7 Å². The van der Waals surface area contributed by atoms with E-state index in [4.69, 9.17) is 0 Å². The molecule has 0 atom stereocenters. The Kier molecular flexibility index (Phi) is 7.56. The standard InChI is InChI=1S/C16H28BrN3/c1-13(2)18-12-14-11-15(17)7-8-16(14)20(5)10-6-9-19(3)4/h7-8,11,13,18H,6,9-10,12H2,1-5H3. The van der Waals surface area contributed by atoms with Crippen LogP contribution in [-0.2, 0) is 6.54 Å². The van der Waals surface area contributed by atoms with Crippen molar-refractivity contribution in [3.63, 3.8) is 0 Å². The van der Waals surface area contributed by atoms with Crippen LogP contribution < -0.4 is 10.2 Å². The van der Waals surface area contributed by atoms with Gasteiger partial charge in [-0.2, -0.15) is 0 Å². The van der Waals surface area contributed by atoms with Crippen LogP contribution in [0, 0.1) is 0 Å². The lowest BCUT2D eigenvalue weighted by Gasteiger charge is -2.24. The molecule has 0 aliphatic rings. The molecule has 1 aromatic carbocycles. The fourth-order valence-electron chi connectivity index (χ4n) is 2.13. The molecule has 0 radical (unpaired) electrons. The maximum Gasteiger partial charge on any atom is 0.0410 e. The van der Waals surface area contributed by atoms with Crippen LogP contribution in [0.15, 0.2) is 22.7 Å². The van der Waals surface area contributed by atoms with Crippen molar-refractivity contribution in [3.8, 4) is 0 Å². The summed E-state index contributed by atoms with van der Waals surface area (Å²) in [5.41, 5.74) is 2.67. The maximum atomic E-state index is 3.57. The molecule has 0 saturated carbocycles. The number of rotatable bonds is 8. The van der Waals surface area contributed by atoms with Crippen molar-refractivity contribution in [2.24, 2.45) is 0 Å². The summed E-state index contributed by atoms with van der Waals surface area (Å²) in [6.07, 6.45) is 1.18. The van der Waals surface area contributed by atoms with Crippen LogP contribution in [0.2, 0.25) is 0 Å². The van der Waals surface area contributed by atoms with Gasteiger partial charge in [-0.1, -0.05) is 29.8 Å². The minimum atomic E-state index is 0.501. The zero-order valence-electron chi connectivity index (χ0n) is 13.4. The Hall–Kier alpha value is -0.580. The summed E-state index contributed by atoms with van der Waals surface area (Å²) in [7, 11) is 6.42. The third kappa shape index (κ3) is 6.25. The fourth-order valence-corrected chi connectivity index (χ4v) is 2.54. The summed E-state index contributed by atoms with van der Waals surface area (Å²) < 4.78 is 1.14. The molecular weight excluding hydrogens is 314 g/mol. The van der Waals surface area contributed by atoms with Crippen LogP contribution in [0.1, 0.15) is 25.8 Å². The number of benzene rings is 1. The summed E-state index contributed by atoms with van der Waals surface area (Å²) in [6.45, 7) is 7.47. The van der Waals surface area contributed by atoms with E-state index in [0.717, 1.165) is 24.1 Å². The third-order valence-electron chi connectivity index (χ3n) is 3.25. The zero-order chi connectivity index (χ0) is 15.1. The molecule has 0 bridgehead atoms. The van der Waals surface area contributed by atoms with Gasteiger partial charge in [0.25, 0.3) is 0 Å². The molecule has 20 heavy (non-hydrogen) atoms. The van der Waals surface area contributed by atoms with E-state index in [1.54, 1.807) is 0 Å². The first-order valence-corrected chi connectivity index (χ1v) is 8.07. The highest BCUT2D eigenvalue weighted by molar-refractivity contribution is 9.10. The molecule has 3 nitrogen and oxygen atoms in total. The van der Waals surface area contributed by atoms with Crippen molar-refractivity contribution < 1.29 is 0 Å². The molecule has 114 valence electrons. The Bertz CT molecular complexity index is 405. The van der Waals surface area contributed by atoms with E-state index in [9.17, 15) is 0 Å². The van der Waals surface area contributed by atoms with Gasteiger partial charge in [-0.3, -0.25) is 0 Å². The van der Waals surface area contributed by atoms with Crippen molar-refractivity contribution in [1.29, 1.82) is 0 Å². The highest BCUT2D eigenvalue weighted by Crippen LogP contribution is 2.24. The summed E-state index contributed by atoms with van der Waals surface area (Å²) >= 11 is 3.57. The van der Waals surface area contributed by atoms with E-state index < -0.39 is 0 Å². The van der Waals surface area contributed by atoms with Crippen LogP contribution in [0.25, 0.3) is 0 Å². The van der Waals surface area contributed by atoms with Crippen molar-refractivity contribution in [3.05, 3.63) is 28.2 Å². The van der Waals surface area contributed by atoms with Crippen molar-refractivity contribution in [1.82, 2.24) is 10.2 Å². The highest BCUT2D eigenvalue weighted by Gasteiger charge is 2.08. The minimum Gasteiger partial charge on any atom is -0.374 e. The molecule has 0 amide bonds. The number of nitrogens with zero attached hydrogens (tertiary/aromatic N) is 2. The summed E-state index contributed by atoms with van der Waals surface area (Å²) in [4.78, 5) is 4.59. The Morgan fingerprint density at radius 2 is 1.85 bits per heavy atom. The largest absolute Gasteiger partial charge is 0.374 e. The van der Waals surface area contributed by atoms with Crippen LogP contribution in [0.3, 0.4) is 0 Å². The molecule has 0 fully saturated rings. The van der Waals surface area contributed by atoms with Crippen molar-refractivity contribution in [2.75, 3.05) is 39.1 Å². The topological polar surface area (TPSA) is 18.5 Å². The number of anilines is 1. The lowest BCUT2D eigenvalue weighted by Crippen LogP contribution is -2.26. The molecule has 1 N–H and O–H groups in total. The molecule has 0 saturated heterocycles. The summed E-state index contributed by atoms with van der Waals surface area (Å²) in [5, 5.41) is 3.50. The quantitative estimate of drug-likeness (QED) is 0.782. The van der Waals surface area contributed by atoms with Gasteiger partial charge >= 0.3 is 0 Å². The van der Waals surface area contributed by atoms with E-state index >= 15 is 0 Å². The van der Waals surface area contributed by atoms with Crippen LogP contribution in [-0.4, -0.2) is 45.2 Å². The first kappa shape index (κ1) is 17.5. The average molecular weight is 342 g/mol. The zero-order valence-corrected chi connectivity index (χ0v) is 15.0. The summed E-state index contributed by atoms with van der Waals surface area (Å²) in [5.74, 6) is 0. The van der Waals surface area contributed by atoms with Gasteiger partial charge in [0.05, 0.1) is 0 Å². The van der Waals surface area contributed by atoms with Gasteiger partial charge in [0.2, 0.25) is 0 Å². The fraction of sp³-hybridized carbons (Fsp3) is 0.625. The first-order valence-electron chi connectivity index (χ1n) is 7.28. The SMILES string of the molecule is CC(C)NCc1cc(Br)ccc1N(C)CCCN(C)C. The molecule has 0 aliphatic heterocycles. The van der Waals surface area contributed by atoms with E-state index in [-0.39, 0.29) is 0 Å². The molecule has 0 heterocycles. The monoisotopic (exact) mass is 341 g/mol. The van der Waals surface area contributed by atoms with Crippen molar-refractivity contribution in [2.45, 2.75) is 32.9 Å². The Balaban J connectivity index is 2.71. The Morgan fingerprint density at radius 3 is 2.45 bits per heavy atom. The van der Waals surface area contributed by atoms with Crippen LogP contribution >= 0.6 is 15.9 Å². The van der Waals surface area contributed by atoms with Gasteiger partial charge in [-0.05, 0) is 50.8 Å². The Morgan fingerprint density at radius 1 is 1.15 bits per heavy atom. The van der Waals surface area contributed by atoms with Gasteiger partial charge in [0.1, 0.15) is 0 Å². The van der Waals surface area contributed by atoms with E-state index in [0.29, 0.717) is 6.04 Å². The van der Waals surface area contributed by atoms with Crippen LogP contribution in [0.4, 0.5) is 5.69 Å². The molecule has 1 rings (SSSR count). The molecule has 0 spiro atoms. The highest BCUT2D eigenvalue weighted by atomic mass is 79.9. The second-order valence-corrected chi connectivity index (χ2v) is 6.80. The normalized spacial score (nSPS) is 11.4. The Labute approximate surface area is 132 Å². The molecule has 0 unspecified atom stereocenters. The number of hydrogen-bond donors (Lipinski definition) is 1. The predicted octanol–water partition coefficient (Wildman–Crippen LogP) is 3.34. The van der Waals surface area contributed by atoms with Gasteiger partial charge in [0, 0.05) is 36.3 Å². The van der Waals surface area contributed by atoms with E-state index in [1.807, 2.05) is 0 Å². The van der Waals surface area contributed by atoms with E-state index in [2.05, 4.69) is 84.2 Å². The van der Waals surface area contributed by atoms with Gasteiger partial charge < -0.3 is 15.1 Å². The number of halogens is 1. The van der Waals surface area contributed by atoms with Crippen molar-refractivity contribution >= 4 is 21.6 Å². The average Bonchev–Trinajstić information content (AvgIpc) is 2.35. The lowest BCUT2D eigenvalue weighted by atomic mass is 10.1. The van der Waals surface area contributed by atoms with Crippen LogP contribution in [0.5, 0.6) is 0 Å². The first-order chi connectivity index (χ1) is 9.40.